The number of nitrogens with one attached hydrogen (secondary N) is 1. The van der Waals surface area contributed by atoms with Gasteiger partial charge in [-0.25, -0.2) is 4.79 Å². The molecule has 1 aliphatic rings. The molecule has 1 saturated carbocycles. The van der Waals surface area contributed by atoms with Crippen LogP contribution in [0, 0.1) is 11.8 Å². The molecule has 3 atom stereocenters. The predicted octanol–water partition coefficient (Wildman–Crippen LogP) is 3.95. The zero-order valence-corrected chi connectivity index (χ0v) is 13.4. The number of carboxylic acids is 1. The molecule has 2 N–H and O–H groups in total. The second kappa shape index (κ2) is 7.42. The Bertz CT molecular complexity index is 604. The molecule has 0 spiro atoms. The van der Waals surface area contributed by atoms with Crippen molar-refractivity contribution in [3.05, 3.63) is 34.9 Å². The van der Waals surface area contributed by atoms with Crippen molar-refractivity contribution in [3.63, 3.8) is 0 Å². The summed E-state index contributed by atoms with van der Waals surface area (Å²) >= 11 is 5.74. The smallest absolute Gasteiger partial charge is 0.391 e. The molecule has 0 aromatic heterocycles. The van der Waals surface area contributed by atoms with Gasteiger partial charge in [-0.1, -0.05) is 30.2 Å². The average molecular weight is 364 g/mol. The summed E-state index contributed by atoms with van der Waals surface area (Å²) in [7, 11) is 0. The highest BCUT2D eigenvalue weighted by molar-refractivity contribution is 6.30. The molecule has 4 nitrogen and oxygen atoms in total. The maximum Gasteiger partial charge on any atom is 0.391 e. The molecule has 132 valence electrons. The van der Waals surface area contributed by atoms with Crippen molar-refractivity contribution in [3.8, 4) is 0 Å². The molecular formula is C16H17ClF3NO3. The van der Waals surface area contributed by atoms with Crippen molar-refractivity contribution in [2.24, 2.45) is 11.8 Å². The van der Waals surface area contributed by atoms with Gasteiger partial charge in [0.25, 0.3) is 0 Å². The quantitative estimate of drug-likeness (QED) is 0.851. The van der Waals surface area contributed by atoms with Gasteiger partial charge in [0.2, 0.25) is 5.91 Å². The number of halogens is 4. The van der Waals surface area contributed by atoms with Crippen LogP contribution in [0.25, 0.3) is 0 Å². The average Bonchev–Trinajstić information content (AvgIpc) is 2.52. The van der Waals surface area contributed by atoms with E-state index in [1.54, 1.807) is 0 Å². The second-order valence-corrected chi connectivity index (χ2v) is 6.37. The minimum Gasteiger partial charge on any atom is -0.479 e. The fourth-order valence-electron chi connectivity index (χ4n) is 2.93. The van der Waals surface area contributed by atoms with E-state index in [0.29, 0.717) is 23.4 Å². The van der Waals surface area contributed by atoms with Gasteiger partial charge in [-0.3, -0.25) is 4.79 Å². The number of hydrogen-bond donors (Lipinski definition) is 2. The fraction of sp³-hybridized carbons (Fsp3) is 0.500. The van der Waals surface area contributed by atoms with Crippen LogP contribution in [0.1, 0.15) is 37.3 Å². The normalized spacial score (nSPS) is 22.7. The first-order valence-electron chi connectivity index (χ1n) is 7.54. The van der Waals surface area contributed by atoms with Gasteiger partial charge < -0.3 is 10.4 Å². The van der Waals surface area contributed by atoms with E-state index < -0.39 is 35.9 Å². The number of hydrogen-bond acceptors (Lipinski definition) is 2. The Morgan fingerprint density at radius 2 is 1.83 bits per heavy atom. The molecule has 0 bridgehead atoms. The van der Waals surface area contributed by atoms with Crippen LogP contribution in [0.2, 0.25) is 5.02 Å². The lowest BCUT2D eigenvalue weighted by Crippen LogP contribution is -2.41. The van der Waals surface area contributed by atoms with Gasteiger partial charge in [-0.05, 0) is 37.0 Å². The van der Waals surface area contributed by atoms with Gasteiger partial charge in [0.1, 0.15) is 0 Å². The molecule has 2 rings (SSSR count). The zero-order chi connectivity index (χ0) is 17.9. The highest BCUT2D eigenvalue weighted by Gasteiger charge is 2.43. The number of rotatable bonds is 4. The first-order chi connectivity index (χ1) is 11.2. The van der Waals surface area contributed by atoms with Gasteiger partial charge in [0.15, 0.2) is 6.04 Å². The molecule has 1 aliphatic carbocycles. The van der Waals surface area contributed by atoms with Crippen LogP contribution in [-0.2, 0) is 9.59 Å². The van der Waals surface area contributed by atoms with Crippen molar-refractivity contribution in [1.82, 2.24) is 5.32 Å². The van der Waals surface area contributed by atoms with Crippen molar-refractivity contribution in [2.75, 3.05) is 0 Å². The van der Waals surface area contributed by atoms with E-state index in [1.165, 1.54) is 24.3 Å². The number of benzene rings is 1. The molecule has 1 fully saturated rings. The van der Waals surface area contributed by atoms with Crippen LogP contribution in [0.5, 0.6) is 0 Å². The van der Waals surface area contributed by atoms with Crippen LogP contribution in [-0.4, -0.2) is 23.2 Å². The summed E-state index contributed by atoms with van der Waals surface area (Å²) in [5.74, 6) is -4.29. The third-order valence-electron chi connectivity index (χ3n) is 4.24. The zero-order valence-electron chi connectivity index (χ0n) is 12.6. The standard InChI is InChI=1S/C16H17ClF3NO3/c17-12-6-4-9(5-7-12)13(15(23)24)21-14(22)10-2-1-3-11(8-10)16(18,19)20/h4-7,10-11,13H,1-3,8H2,(H,21,22)(H,23,24). The Balaban J connectivity index is 2.08. The van der Waals surface area contributed by atoms with Gasteiger partial charge >= 0.3 is 12.1 Å². The van der Waals surface area contributed by atoms with E-state index in [-0.39, 0.29) is 12.8 Å². The van der Waals surface area contributed by atoms with E-state index in [9.17, 15) is 27.9 Å². The molecule has 1 aromatic carbocycles. The predicted molar refractivity (Wildman–Crippen MR) is 81.5 cm³/mol. The Kier molecular flexibility index (Phi) is 5.74. The van der Waals surface area contributed by atoms with Crippen molar-refractivity contribution < 1.29 is 27.9 Å². The van der Waals surface area contributed by atoms with Gasteiger partial charge in [0.05, 0.1) is 5.92 Å². The largest absolute Gasteiger partial charge is 0.479 e. The summed E-state index contributed by atoms with van der Waals surface area (Å²) in [6, 6.07) is 4.57. The highest BCUT2D eigenvalue weighted by atomic mass is 35.5. The molecule has 8 heteroatoms. The van der Waals surface area contributed by atoms with E-state index in [4.69, 9.17) is 11.6 Å². The molecule has 1 amide bonds. The number of carboxylic acid groups (broad SMARTS) is 1. The first-order valence-corrected chi connectivity index (χ1v) is 7.91. The summed E-state index contributed by atoms with van der Waals surface area (Å²) < 4.78 is 38.5. The lowest BCUT2D eigenvalue weighted by Gasteiger charge is -2.30. The number of alkyl halides is 3. The monoisotopic (exact) mass is 363 g/mol. The number of amides is 1. The topological polar surface area (TPSA) is 66.4 Å². The Labute approximate surface area is 142 Å². The lowest BCUT2D eigenvalue weighted by molar-refractivity contribution is -0.186. The van der Waals surface area contributed by atoms with E-state index >= 15 is 0 Å². The second-order valence-electron chi connectivity index (χ2n) is 5.93. The first kappa shape index (κ1) is 18.6. The SMILES string of the molecule is O=C(NC(C(=O)O)c1ccc(Cl)cc1)C1CCCC(C(F)(F)F)C1. The minimum absolute atomic E-state index is 0.00677. The number of carbonyl (C=O) groups is 2. The van der Waals surface area contributed by atoms with Crippen LogP contribution in [0.3, 0.4) is 0 Å². The van der Waals surface area contributed by atoms with Gasteiger partial charge in [0, 0.05) is 10.9 Å². The summed E-state index contributed by atoms with van der Waals surface area (Å²) in [6.45, 7) is 0. The molecule has 1 aromatic rings. The van der Waals surface area contributed by atoms with Gasteiger partial charge in [-0.15, -0.1) is 0 Å². The molecule has 24 heavy (non-hydrogen) atoms. The third kappa shape index (κ3) is 4.63. The van der Waals surface area contributed by atoms with Crippen molar-refractivity contribution >= 4 is 23.5 Å². The molecule has 0 aliphatic heterocycles. The fourth-order valence-corrected chi connectivity index (χ4v) is 3.05. The van der Waals surface area contributed by atoms with E-state index in [0.717, 1.165) is 0 Å². The number of carbonyl (C=O) groups excluding carboxylic acids is 1. The Hall–Kier alpha value is -1.76. The Morgan fingerprint density at radius 1 is 1.21 bits per heavy atom. The molecule has 0 saturated heterocycles. The molecule has 3 unspecified atom stereocenters. The Morgan fingerprint density at radius 3 is 2.38 bits per heavy atom. The molecule has 0 radical (unpaired) electrons. The molecule has 0 heterocycles. The maximum atomic E-state index is 12.8. The minimum atomic E-state index is -4.33. The van der Waals surface area contributed by atoms with E-state index in [1.807, 2.05) is 0 Å². The number of aliphatic carboxylic acids is 1. The molecular weight excluding hydrogens is 347 g/mol. The van der Waals surface area contributed by atoms with E-state index in [2.05, 4.69) is 5.32 Å². The van der Waals surface area contributed by atoms with Crippen LogP contribution >= 0.6 is 11.6 Å². The van der Waals surface area contributed by atoms with Crippen molar-refractivity contribution in [2.45, 2.75) is 37.9 Å². The van der Waals surface area contributed by atoms with Crippen LogP contribution in [0.4, 0.5) is 13.2 Å². The lowest BCUT2D eigenvalue weighted by atomic mass is 9.80. The van der Waals surface area contributed by atoms with Crippen LogP contribution < -0.4 is 5.32 Å². The van der Waals surface area contributed by atoms with Crippen LogP contribution in [0.15, 0.2) is 24.3 Å². The summed E-state index contributed by atoms with van der Waals surface area (Å²) in [5.41, 5.74) is 0.309. The summed E-state index contributed by atoms with van der Waals surface area (Å²) in [5, 5.41) is 12.1. The third-order valence-corrected chi connectivity index (χ3v) is 4.50. The van der Waals surface area contributed by atoms with Gasteiger partial charge in [-0.2, -0.15) is 13.2 Å². The maximum absolute atomic E-state index is 12.8. The highest BCUT2D eigenvalue weighted by Crippen LogP contribution is 2.40. The summed E-state index contributed by atoms with van der Waals surface area (Å²) in [6.07, 6.45) is -4.01. The summed E-state index contributed by atoms with van der Waals surface area (Å²) in [4.78, 5) is 23.7. The van der Waals surface area contributed by atoms with Crippen molar-refractivity contribution in [1.29, 1.82) is 0 Å².